The zero-order chi connectivity index (χ0) is 27.2. The van der Waals surface area contributed by atoms with Crippen LogP contribution in [-0.4, -0.2) is 0 Å². The SMILES string of the molecule is O=P1([C@H](NCc2ccccc2)c2ccccc2)O[C@@H](c2ccccc2)[C@@H](c2ccccc2)N[C@H]1c1ccccc1. The molecule has 5 aromatic carbocycles. The summed E-state index contributed by atoms with van der Waals surface area (Å²) < 4.78 is 22.7. The molecule has 0 spiro atoms. The number of nitrogens with one attached hydrogen (secondary N) is 2. The quantitative estimate of drug-likeness (QED) is 0.192. The fraction of sp³-hybridized carbons (Fsp3) is 0.143. The van der Waals surface area contributed by atoms with Gasteiger partial charge in [-0.15, -0.1) is 0 Å². The molecule has 1 heterocycles. The first-order valence-electron chi connectivity index (χ1n) is 13.7. The van der Waals surface area contributed by atoms with Gasteiger partial charge in [0.05, 0.1) is 6.04 Å². The van der Waals surface area contributed by atoms with E-state index in [9.17, 15) is 0 Å². The second kappa shape index (κ2) is 12.2. The molecule has 1 aliphatic heterocycles. The van der Waals surface area contributed by atoms with E-state index in [1.165, 1.54) is 0 Å². The lowest BCUT2D eigenvalue weighted by atomic mass is 9.95. The van der Waals surface area contributed by atoms with Gasteiger partial charge >= 0.3 is 0 Å². The lowest BCUT2D eigenvalue weighted by molar-refractivity contribution is 0.117. The molecule has 1 unspecified atom stereocenters. The summed E-state index contributed by atoms with van der Waals surface area (Å²) >= 11 is 0. The molecule has 6 rings (SSSR count). The number of hydrogen-bond donors (Lipinski definition) is 2. The first-order valence-corrected chi connectivity index (χ1v) is 15.5. The first-order chi connectivity index (χ1) is 19.7. The highest BCUT2D eigenvalue weighted by Gasteiger charge is 2.51. The molecule has 4 nitrogen and oxygen atoms in total. The standard InChI is InChI=1S/C35H33N2O2P/c38-40(34(30-22-12-4-13-23-30)36-26-27-16-6-1-7-17-27)35(31-24-14-5-15-25-31)37-32(28-18-8-2-9-19-28)33(39-40)29-20-10-3-11-21-29/h1-25,32-37H,26H2/t32-,33+,34+,35-,40?/m1/s1. The number of rotatable bonds is 8. The topological polar surface area (TPSA) is 50.4 Å². The van der Waals surface area contributed by atoms with Gasteiger partial charge in [0.1, 0.15) is 17.7 Å². The maximum absolute atomic E-state index is 15.7. The molecular weight excluding hydrogens is 511 g/mol. The summed E-state index contributed by atoms with van der Waals surface area (Å²) in [5, 5.41) is 7.51. The lowest BCUT2D eigenvalue weighted by Crippen LogP contribution is -2.40. The molecule has 2 N–H and O–H groups in total. The van der Waals surface area contributed by atoms with Crippen molar-refractivity contribution in [2.24, 2.45) is 0 Å². The molecule has 5 aromatic rings. The predicted molar refractivity (Wildman–Crippen MR) is 162 cm³/mol. The van der Waals surface area contributed by atoms with Crippen LogP contribution in [0.25, 0.3) is 0 Å². The van der Waals surface area contributed by atoms with Gasteiger partial charge in [0, 0.05) is 6.54 Å². The Balaban J connectivity index is 1.49. The molecule has 40 heavy (non-hydrogen) atoms. The summed E-state index contributed by atoms with van der Waals surface area (Å²) in [5.41, 5.74) is 5.09. The van der Waals surface area contributed by atoms with E-state index in [4.69, 9.17) is 4.52 Å². The van der Waals surface area contributed by atoms with Gasteiger partial charge in [-0.3, -0.25) is 15.2 Å². The van der Waals surface area contributed by atoms with Crippen LogP contribution in [-0.2, 0) is 15.6 Å². The number of hydrogen-bond acceptors (Lipinski definition) is 4. The fourth-order valence-corrected chi connectivity index (χ4v) is 8.57. The summed E-state index contributed by atoms with van der Waals surface area (Å²) in [4.78, 5) is 0. The molecule has 5 atom stereocenters. The van der Waals surface area contributed by atoms with Crippen molar-refractivity contribution in [3.63, 3.8) is 0 Å². The van der Waals surface area contributed by atoms with Crippen LogP contribution in [0.15, 0.2) is 152 Å². The minimum atomic E-state index is -3.52. The minimum Gasteiger partial charge on any atom is -0.316 e. The monoisotopic (exact) mass is 544 g/mol. The third kappa shape index (κ3) is 5.58. The van der Waals surface area contributed by atoms with Gasteiger partial charge in [-0.25, -0.2) is 0 Å². The van der Waals surface area contributed by atoms with E-state index in [2.05, 4.69) is 47.0 Å². The van der Waals surface area contributed by atoms with E-state index >= 15 is 4.57 Å². The average Bonchev–Trinajstić information content (AvgIpc) is 3.03. The Kier molecular flexibility index (Phi) is 8.04. The second-order valence-corrected chi connectivity index (χ2v) is 12.7. The van der Waals surface area contributed by atoms with Crippen LogP contribution in [0.2, 0.25) is 0 Å². The normalized spacial score (nSPS) is 23.4. The molecule has 1 aliphatic rings. The third-order valence-corrected chi connectivity index (χ3v) is 10.4. The summed E-state index contributed by atoms with van der Waals surface area (Å²) in [5.74, 6) is -1.05. The highest BCUT2D eigenvalue weighted by Crippen LogP contribution is 2.73. The van der Waals surface area contributed by atoms with Crippen LogP contribution in [0, 0.1) is 0 Å². The molecule has 0 amide bonds. The van der Waals surface area contributed by atoms with Crippen LogP contribution in [0.1, 0.15) is 51.5 Å². The Labute approximate surface area is 236 Å². The van der Waals surface area contributed by atoms with E-state index in [0.29, 0.717) is 6.54 Å². The van der Waals surface area contributed by atoms with Gasteiger partial charge in [-0.1, -0.05) is 152 Å². The molecular formula is C35H33N2O2P. The summed E-state index contributed by atoms with van der Waals surface area (Å²) in [6.07, 6.45) is -0.445. The molecule has 0 saturated carbocycles. The molecule has 0 radical (unpaired) electrons. The van der Waals surface area contributed by atoms with E-state index in [0.717, 1.165) is 27.8 Å². The van der Waals surface area contributed by atoms with E-state index in [1.54, 1.807) is 0 Å². The first kappa shape index (κ1) is 26.4. The lowest BCUT2D eigenvalue weighted by Gasteiger charge is -2.46. The van der Waals surface area contributed by atoms with Gasteiger partial charge in [-0.05, 0) is 27.8 Å². The Morgan fingerprint density at radius 1 is 0.625 bits per heavy atom. The summed E-state index contributed by atoms with van der Waals surface area (Å²) in [7, 11) is -3.52. The third-order valence-electron chi connectivity index (χ3n) is 7.50. The smallest absolute Gasteiger partial charge is 0.245 e. The molecule has 200 valence electrons. The van der Waals surface area contributed by atoms with Crippen molar-refractivity contribution in [1.82, 2.24) is 10.6 Å². The second-order valence-electron chi connectivity index (χ2n) is 10.1. The zero-order valence-electron chi connectivity index (χ0n) is 22.2. The van der Waals surface area contributed by atoms with Crippen molar-refractivity contribution in [2.75, 3.05) is 0 Å². The molecule has 1 saturated heterocycles. The fourth-order valence-electron chi connectivity index (χ4n) is 5.54. The predicted octanol–water partition coefficient (Wildman–Crippen LogP) is 8.55. The molecule has 0 bridgehead atoms. The van der Waals surface area contributed by atoms with E-state index in [1.807, 2.05) is 115 Å². The Hall–Kier alpha value is -3.79. The highest BCUT2D eigenvalue weighted by atomic mass is 31.2. The zero-order valence-corrected chi connectivity index (χ0v) is 23.1. The summed E-state index contributed by atoms with van der Waals surface area (Å²) in [6, 6.07) is 50.6. The van der Waals surface area contributed by atoms with Crippen molar-refractivity contribution in [2.45, 2.75) is 30.3 Å². The Bertz CT molecular complexity index is 1490. The van der Waals surface area contributed by atoms with Crippen molar-refractivity contribution in [3.05, 3.63) is 179 Å². The molecule has 0 aromatic heterocycles. The van der Waals surface area contributed by atoms with Crippen molar-refractivity contribution < 1.29 is 9.09 Å². The maximum Gasteiger partial charge on any atom is 0.245 e. The average molecular weight is 545 g/mol. The molecule has 1 fully saturated rings. The van der Waals surface area contributed by atoms with Gasteiger partial charge in [0.15, 0.2) is 0 Å². The van der Waals surface area contributed by atoms with Crippen molar-refractivity contribution in [1.29, 1.82) is 0 Å². The van der Waals surface area contributed by atoms with Gasteiger partial charge < -0.3 is 4.52 Å². The van der Waals surface area contributed by atoms with Gasteiger partial charge in [-0.2, -0.15) is 0 Å². The molecule has 0 aliphatic carbocycles. The van der Waals surface area contributed by atoms with Gasteiger partial charge in [0.2, 0.25) is 7.37 Å². The van der Waals surface area contributed by atoms with Crippen LogP contribution < -0.4 is 10.6 Å². The molecule has 5 heteroatoms. The van der Waals surface area contributed by atoms with Crippen LogP contribution in [0.5, 0.6) is 0 Å². The van der Waals surface area contributed by atoms with Crippen molar-refractivity contribution in [3.8, 4) is 0 Å². The van der Waals surface area contributed by atoms with E-state index in [-0.39, 0.29) is 6.04 Å². The minimum absolute atomic E-state index is 0.193. The van der Waals surface area contributed by atoms with Crippen LogP contribution >= 0.6 is 7.37 Å². The Morgan fingerprint density at radius 2 is 1.10 bits per heavy atom. The van der Waals surface area contributed by atoms with Gasteiger partial charge in [0.25, 0.3) is 0 Å². The van der Waals surface area contributed by atoms with Crippen molar-refractivity contribution >= 4 is 7.37 Å². The van der Waals surface area contributed by atoms with E-state index < -0.39 is 25.0 Å². The highest BCUT2D eigenvalue weighted by molar-refractivity contribution is 7.59. The maximum atomic E-state index is 15.7. The number of benzene rings is 5. The Morgan fingerprint density at radius 3 is 1.68 bits per heavy atom. The van der Waals surface area contributed by atoms with Crippen LogP contribution in [0.4, 0.5) is 0 Å². The van der Waals surface area contributed by atoms with Crippen LogP contribution in [0.3, 0.4) is 0 Å². The summed E-state index contributed by atoms with van der Waals surface area (Å²) in [6.45, 7) is 0.563. The largest absolute Gasteiger partial charge is 0.316 e.